The monoisotopic (exact) mass is 392 g/mol. The molecular formula is C22H28N6O. The van der Waals surface area contributed by atoms with Crippen LogP contribution in [-0.2, 0) is 17.8 Å². The van der Waals surface area contributed by atoms with Crippen molar-refractivity contribution in [1.29, 1.82) is 0 Å². The number of piperazine rings is 1. The van der Waals surface area contributed by atoms with Crippen molar-refractivity contribution in [3.63, 3.8) is 0 Å². The minimum atomic E-state index is 0.284. The van der Waals surface area contributed by atoms with E-state index in [1.807, 2.05) is 4.68 Å². The molecule has 0 atom stereocenters. The Kier molecular flexibility index (Phi) is 6.61. The maximum atomic E-state index is 5.15. The summed E-state index contributed by atoms with van der Waals surface area (Å²) in [4.78, 5) is 5.01. The van der Waals surface area contributed by atoms with Gasteiger partial charge in [-0.25, -0.2) is 4.68 Å². The summed E-state index contributed by atoms with van der Waals surface area (Å²) in [5, 5.41) is 12.1. The highest BCUT2D eigenvalue weighted by Crippen LogP contribution is 2.29. The van der Waals surface area contributed by atoms with E-state index in [0.717, 1.165) is 38.5 Å². The molecule has 0 aliphatic carbocycles. The van der Waals surface area contributed by atoms with Gasteiger partial charge in [0, 0.05) is 33.3 Å². The standard InChI is InChI=1S/C22H28N6O/c1-29-17-16-28-21(23-24-25-28)18-26-12-14-27(15-13-26)22(19-8-4-2-5-9-19)20-10-6-3-7-11-20/h2-11,22H,12-18H2,1H3. The first-order chi connectivity index (χ1) is 14.3. The highest BCUT2D eigenvalue weighted by Gasteiger charge is 2.27. The van der Waals surface area contributed by atoms with Gasteiger partial charge in [-0.3, -0.25) is 9.80 Å². The Balaban J connectivity index is 1.43. The van der Waals surface area contributed by atoms with Crippen LogP contribution < -0.4 is 0 Å². The molecule has 1 fully saturated rings. The van der Waals surface area contributed by atoms with Crippen LogP contribution in [-0.4, -0.2) is 69.9 Å². The van der Waals surface area contributed by atoms with Crippen molar-refractivity contribution in [2.45, 2.75) is 19.1 Å². The van der Waals surface area contributed by atoms with E-state index in [2.05, 4.69) is 86.0 Å². The molecule has 1 saturated heterocycles. The minimum absolute atomic E-state index is 0.284. The molecule has 0 saturated carbocycles. The Morgan fingerprint density at radius 3 is 2.10 bits per heavy atom. The number of methoxy groups -OCH3 is 1. The van der Waals surface area contributed by atoms with Gasteiger partial charge in [0.15, 0.2) is 5.82 Å². The van der Waals surface area contributed by atoms with E-state index < -0.39 is 0 Å². The Hall–Kier alpha value is -2.61. The molecule has 0 N–H and O–H groups in total. The number of rotatable bonds is 8. The van der Waals surface area contributed by atoms with Crippen LogP contribution in [0.25, 0.3) is 0 Å². The second kappa shape index (κ2) is 9.73. The summed E-state index contributed by atoms with van der Waals surface area (Å²) >= 11 is 0. The molecule has 1 aliphatic heterocycles. The lowest BCUT2D eigenvalue weighted by atomic mass is 9.96. The van der Waals surface area contributed by atoms with Crippen molar-refractivity contribution in [3.05, 3.63) is 77.6 Å². The second-order valence-electron chi connectivity index (χ2n) is 7.35. The van der Waals surface area contributed by atoms with Crippen molar-refractivity contribution >= 4 is 0 Å². The van der Waals surface area contributed by atoms with Crippen molar-refractivity contribution in [3.8, 4) is 0 Å². The van der Waals surface area contributed by atoms with E-state index in [1.165, 1.54) is 11.1 Å². The van der Waals surface area contributed by atoms with Crippen molar-refractivity contribution in [2.24, 2.45) is 0 Å². The topological polar surface area (TPSA) is 59.3 Å². The van der Waals surface area contributed by atoms with Crippen LogP contribution in [0.2, 0.25) is 0 Å². The van der Waals surface area contributed by atoms with Crippen LogP contribution in [0, 0.1) is 0 Å². The van der Waals surface area contributed by atoms with Gasteiger partial charge in [-0.2, -0.15) is 0 Å². The fourth-order valence-corrected chi connectivity index (χ4v) is 3.95. The third kappa shape index (κ3) is 4.87. The van der Waals surface area contributed by atoms with E-state index in [-0.39, 0.29) is 6.04 Å². The van der Waals surface area contributed by atoms with Gasteiger partial charge >= 0.3 is 0 Å². The molecule has 3 aromatic rings. The Morgan fingerprint density at radius 1 is 0.897 bits per heavy atom. The number of hydrogen-bond donors (Lipinski definition) is 0. The first-order valence-corrected chi connectivity index (χ1v) is 10.2. The summed E-state index contributed by atoms with van der Waals surface area (Å²) in [6.07, 6.45) is 0. The normalized spacial score (nSPS) is 15.8. The number of benzene rings is 2. The van der Waals surface area contributed by atoms with Crippen LogP contribution in [0.1, 0.15) is 23.0 Å². The first-order valence-electron chi connectivity index (χ1n) is 10.2. The van der Waals surface area contributed by atoms with E-state index in [0.29, 0.717) is 13.2 Å². The Labute approximate surface area is 171 Å². The zero-order chi connectivity index (χ0) is 19.9. The summed E-state index contributed by atoms with van der Waals surface area (Å²) in [6.45, 7) is 6.07. The first kappa shape index (κ1) is 19.7. The summed E-state index contributed by atoms with van der Waals surface area (Å²) < 4.78 is 6.99. The SMILES string of the molecule is COCCn1nnnc1CN1CCN(C(c2ccccc2)c2ccccc2)CC1. The second-order valence-corrected chi connectivity index (χ2v) is 7.35. The molecule has 4 rings (SSSR count). The average molecular weight is 393 g/mol. The van der Waals surface area contributed by atoms with Crippen LogP contribution in [0.15, 0.2) is 60.7 Å². The van der Waals surface area contributed by atoms with E-state index in [9.17, 15) is 0 Å². The molecule has 2 aromatic carbocycles. The summed E-state index contributed by atoms with van der Waals surface area (Å²) in [7, 11) is 1.69. The molecule has 0 spiro atoms. The maximum Gasteiger partial charge on any atom is 0.165 e. The quantitative estimate of drug-likeness (QED) is 0.586. The zero-order valence-corrected chi connectivity index (χ0v) is 16.9. The minimum Gasteiger partial charge on any atom is -0.383 e. The lowest BCUT2D eigenvalue weighted by Crippen LogP contribution is -2.47. The smallest absolute Gasteiger partial charge is 0.165 e. The molecular weight excluding hydrogens is 364 g/mol. The molecule has 1 aliphatic rings. The van der Waals surface area contributed by atoms with Crippen molar-refractivity contribution < 1.29 is 4.74 Å². The molecule has 7 nitrogen and oxygen atoms in total. The van der Waals surface area contributed by atoms with Gasteiger partial charge in [0.05, 0.1) is 25.7 Å². The molecule has 0 unspecified atom stereocenters. The van der Waals surface area contributed by atoms with Crippen molar-refractivity contribution in [1.82, 2.24) is 30.0 Å². The third-order valence-electron chi connectivity index (χ3n) is 5.48. The Bertz CT molecular complexity index is 822. The van der Waals surface area contributed by atoms with Crippen molar-refractivity contribution in [2.75, 3.05) is 39.9 Å². The summed E-state index contributed by atoms with van der Waals surface area (Å²) in [6, 6.07) is 21.9. The number of nitrogens with zero attached hydrogens (tertiary/aromatic N) is 6. The molecule has 29 heavy (non-hydrogen) atoms. The van der Waals surface area contributed by atoms with Gasteiger partial charge in [0.2, 0.25) is 0 Å². The van der Waals surface area contributed by atoms with Crippen LogP contribution in [0.3, 0.4) is 0 Å². The number of hydrogen-bond acceptors (Lipinski definition) is 6. The van der Waals surface area contributed by atoms with E-state index >= 15 is 0 Å². The van der Waals surface area contributed by atoms with Crippen LogP contribution in [0.5, 0.6) is 0 Å². The number of aromatic nitrogens is 4. The molecule has 2 heterocycles. The van der Waals surface area contributed by atoms with Gasteiger partial charge in [-0.1, -0.05) is 60.7 Å². The number of ether oxygens (including phenoxy) is 1. The highest BCUT2D eigenvalue weighted by molar-refractivity contribution is 5.31. The van der Waals surface area contributed by atoms with Crippen LogP contribution >= 0.6 is 0 Å². The Morgan fingerprint density at radius 2 is 1.52 bits per heavy atom. The van der Waals surface area contributed by atoms with E-state index in [4.69, 9.17) is 4.74 Å². The summed E-state index contributed by atoms with van der Waals surface area (Å²) in [5.74, 6) is 0.901. The van der Waals surface area contributed by atoms with Gasteiger partial charge in [-0.05, 0) is 21.6 Å². The molecule has 0 bridgehead atoms. The van der Waals surface area contributed by atoms with Gasteiger partial charge < -0.3 is 4.74 Å². The maximum absolute atomic E-state index is 5.15. The molecule has 0 radical (unpaired) electrons. The molecule has 1 aromatic heterocycles. The lowest BCUT2D eigenvalue weighted by Gasteiger charge is -2.39. The predicted molar refractivity (Wildman–Crippen MR) is 111 cm³/mol. The zero-order valence-electron chi connectivity index (χ0n) is 16.9. The highest BCUT2D eigenvalue weighted by atomic mass is 16.5. The van der Waals surface area contributed by atoms with Gasteiger partial charge in [-0.15, -0.1) is 5.10 Å². The number of tetrazole rings is 1. The molecule has 152 valence electrons. The fraction of sp³-hybridized carbons (Fsp3) is 0.409. The predicted octanol–water partition coefficient (Wildman–Crippen LogP) is 2.23. The lowest BCUT2D eigenvalue weighted by molar-refractivity contribution is 0.101. The summed E-state index contributed by atoms with van der Waals surface area (Å²) in [5.41, 5.74) is 2.69. The van der Waals surface area contributed by atoms with Gasteiger partial charge in [0.1, 0.15) is 0 Å². The fourth-order valence-electron chi connectivity index (χ4n) is 3.95. The van der Waals surface area contributed by atoms with Gasteiger partial charge in [0.25, 0.3) is 0 Å². The largest absolute Gasteiger partial charge is 0.383 e. The molecule has 0 amide bonds. The van der Waals surface area contributed by atoms with E-state index in [1.54, 1.807) is 7.11 Å². The third-order valence-corrected chi connectivity index (χ3v) is 5.48. The molecule has 7 heteroatoms. The average Bonchev–Trinajstić information content (AvgIpc) is 3.22. The van der Waals surface area contributed by atoms with Crippen LogP contribution in [0.4, 0.5) is 0 Å².